The molecule has 0 saturated carbocycles. The Morgan fingerprint density at radius 3 is 3.00 bits per heavy atom. The zero-order valence-electron chi connectivity index (χ0n) is 13.3. The lowest BCUT2D eigenvalue weighted by molar-refractivity contribution is 0.127. The van der Waals surface area contributed by atoms with Gasteiger partial charge in [-0.25, -0.2) is 0 Å². The molecule has 2 N–H and O–H groups in total. The molecule has 3 nitrogen and oxygen atoms in total. The quantitative estimate of drug-likeness (QED) is 0.932. The number of nitrogens with two attached hydrogens (primary N) is 1. The number of nitrogens with zero attached hydrogens (tertiary/aromatic N) is 1. The van der Waals surface area contributed by atoms with Crippen molar-refractivity contribution in [3.63, 3.8) is 0 Å². The molecule has 0 bridgehead atoms. The Morgan fingerprint density at radius 2 is 2.29 bits per heavy atom. The Bertz CT molecular complexity index is 518. The fraction of sp³-hybridized carbons (Fsp3) is 0.647. The van der Waals surface area contributed by atoms with Gasteiger partial charge in [-0.2, -0.15) is 11.8 Å². The largest absolute Gasteiger partial charge is 0.487 e. The van der Waals surface area contributed by atoms with Gasteiger partial charge in [-0.1, -0.05) is 18.2 Å². The van der Waals surface area contributed by atoms with E-state index in [1.165, 1.54) is 22.6 Å². The fourth-order valence-electron chi connectivity index (χ4n) is 3.55. The summed E-state index contributed by atoms with van der Waals surface area (Å²) in [6.45, 7) is 8.39. The average Bonchev–Trinajstić information content (AvgIpc) is 2.76. The zero-order chi connectivity index (χ0) is 15.0. The summed E-state index contributed by atoms with van der Waals surface area (Å²) < 4.78 is 6.25. The Balaban J connectivity index is 1.94. The molecule has 0 spiro atoms. The van der Waals surface area contributed by atoms with Crippen molar-refractivity contribution in [2.24, 2.45) is 5.73 Å². The van der Waals surface area contributed by atoms with Crippen molar-refractivity contribution in [2.75, 3.05) is 24.6 Å². The Hall–Kier alpha value is -0.710. The summed E-state index contributed by atoms with van der Waals surface area (Å²) in [5, 5.41) is 0. The van der Waals surface area contributed by atoms with Gasteiger partial charge in [0, 0.05) is 42.6 Å². The number of ether oxygens (including phenoxy) is 1. The number of benzene rings is 1. The van der Waals surface area contributed by atoms with E-state index in [4.69, 9.17) is 10.5 Å². The van der Waals surface area contributed by atoms with E-state index in [0.717, 1.165) is 18.7 Å². The molecule has 3 rings (SSSR count). The van der Waals surface area contributed by atoms with Crippen molar-refractivity contribution in [2.45, 2.75) is 44.9 Å². The van der Waals surface area contributed by atoms with Crippen molar-refractivity contribution in [1.29, 1.82) is 0 Å². The standard InChI is InChI=1S/C17H26N2OS/c1-12-11-21-8-7-19(12)15(10-18)14-6-4-5-13-9-17(2,3)20-16(13)14/h4-6,12,15H,7-11,18H2,1-3H3. The first-order valence-electron chi connectivity index (χ1n) is 7.86. The molecule has 2 atom stereocenters. The van der Waals surface area contributed by atoms with Crippen molar-refractivity contribution in [3.05, 3.63) is 29.3 Å². The molecule has 116 valence electrons. The highest BCUT2D eigenvalue weighted by Gasteiger charge is 2.35. The molecule has 1 fully saturated rings. The third-order valence-electron chi connectivity index (χ3n) is 4.52. The highest BCUT2D eigenvalue weighted by atomic mass is 32.2. The molecule has 1 aromatic carbocycles. The van der Waals surface area contributed by atoms with Crippen molar-refractivity contribution in [3.8, 4) is 5.75 Å². The molecule has 21 heavy (non-hydrogen) atoms. The van der Waals surface area contributed by atoms with E-state index in [-0.39, 0.29) is 11.6 Å². The van der Waals surface area contributed by atoms with E-state index in [9.17, 15) is 0 Å². The maximum absolute atomic E-state index is 6.25. The Morgan fingerprint density at radius 1 is 1.48 bits per heavy atom. The van der Waals surface area contributed by atoms with Gasteiger partial charge in [0.1, 0.15) is 11.4 Å². The molecular formula is C17H26N2OS. The number of rotatable bonds is 3. The number of hydrogen-bond acceptors (Lipinski definition) is 4. The highest BCUT2D eigenvalue weighted by Crippen LogP contribution is 2.42. The van der Waals surface area contributed by atoms with Crippen LogP contribution in [0.2, 0.25) is 0 Å². The van der Waals surface area contributed by atoms with E-state index in [1.54, 1.807) is 0 Å². The first kappa shape index (κ1) is 15.2. The minimum atomic E-state index is -0.0963. The van der Waals surface area contributed by atoms with Gasteiger partial charge >= 0.3 is 0 Å². The minimum Gasteiger partial charge on any atom is -0.487 e. The second-order valence-electron chi connectivity index (χ2n) is 6.79. The summed E-state index contributed by atoms with van der Waals surface area (Å²) in [6, 6.07) is 7.39. The number of hydrogen-bond donors (Lipinski definition) is 1. The summed E-state index contributed by atoms with van der Waals surface area (Å²) >= 11 is 2.04. The molecule has 2 aliphatic rings. The third kappa shape index (κ3) is 2.94. The van der Waals surface area contributed by atoms with E-state index in [2.05, 4.69) is 43.9 Å². The fourth-order valence-corrected chi connectivity index (χ4v) is 4.58. The average molecular weight is 306 g/mol. The molecule has 4 heteroatoms. The Kier molecular flexibility index (Phi) is 4.21. The molecule has 2 unspecified atom stereocenters. The second-order valence-corrected chi connectivity index (χ2v) is 7.94. The van der Waals surface area contributed by atoms with Crippen LogP contribution in [0.1, 0.15) is 37.9 Å². The molecule has 0 amide bonds. The molecule has 0 radical (unpaired) electrons. The number of para-hydroxylation sites is 1. The zero-order valence-corrected chi connectivity index (χ0v) is 14.1. The summed E-state index contributed by atoms with van der Waals surface area (Å²) in [5.41, 5.74) is 8.67. The summed E-state index contributed by atoms with van der Waals surface area (Å²) in [7, 11) is 0. The summed E-state index contributed by atoms with van der Waals surface area (Å²) in [6.07, 6.45) is 0.985. The molecule has 1 saturated heterocycles. The molecule has 2 heterocycles. The van der Waals surface area contributed by atoms with Crippen LogP contribution in [0.25, 0.3) is 0 Å². The maximum Gasteiger partial charge on any atom is 0.128 e. The van der Waals surface area contributed by atoms with Crippen LogP contribution < -0.4 is 10.5 Å². The van der Waals surface area contributed by atoms with Crippen LogP contribution in [0.3, 0.4) is 0 Å². The summed E-state index contributed by atoms with van der Waals surface area (Å²) in [5.74, 6) is 3.48. The lowest BCUT2D eigenvalue weighted by Crippen LogP contribution is -2.45. The van der Waals surface area contributed by atoms with E-state index >= 15 is 0 Å². The topological polar surface area (TPSA) is 38.5 Å². The molecule has 0 aromatic heterocycles. The third-order valence-corrected chi connectivity index (χ3v) is 5.71. The van der Waals surface area contributed by atoms with Crippen LogP contribution in [-0.2, 0) is 6.42 Å². The van der Waals surface area contributed by atoms with Gasteiger partial charge in [0.05, 0.1) is 6.04 Å². The van der Waals surface area contributed by atoms with Crippen LogP contribution in [0.15, 0.2) is 18.2 Å². The van der Waals surface area contributed by atoms with E-state index < -0.39 is 0 Å². The van der Waals surface area contributed by atoms with Gasteiger partial charge in [-0.05, 0) is 26.3 Å². The number of fused-ring (bicyclic) bond motifs is 1. The molecular weight excluding hydrogens is 280 g/mol. The smallest absolute Gasteiger partial charge is 0.128 e. The van der Waals surface area contributed by atoms with Gasteiger partial charge in [-0.15, -0.1) is 0 Å². The molecule has 0 aliphatic carbocycles. The predicted octanol–water partition coefficient (Wildman–Crippen LogP) is 2.84. The van der Waals surface area contributed by atoms with Crippen molar-refractivity contribution >= 4 is 11.8 Å². The van der Waals surface area contributed by atoms with Crippen LogP contribution in [-0.4, -0.2) is 41.1 Å². The van der Waals surface area contributed by atoms with Gasteiger partial charge in [0.15, 0.2) is 0 Å². The lowest BCUT2D eigenvalue weighted by Gasteiger charge is -2.39. The first-order chi connectivity index (χ1) is 10.0. The van der Waals surface area contributed by atoms with Gasteiger partial charge in [0.2, 0.25) is 0 Å². The minimum absolute atomic E-state index is 0.0963. The monoisotopic (exact) mass is 306 g/mol. The number of thioether (sulfide) groups is 1. The first-order valence-corrected chi connectivity index (χ1v) is 9.01. The summed E-state index contributed by atoms with van der Waals surface area (Å²) in [4.78, 5) is 2.56. The molecule has 1 aromatic rings. The normalized spacial score (nSPS) is 26.2. The molecule has 2 aliphatic heterocycles. The van der Waals surface area contributed by atoms with E-state index in [0.29, 0.717) is 12.6 Å². The van der Waals surface area contributed by atoms with Gasteiger partial charge in [0.25, 0.3) is 0 Å². The van der Waals surface area contributed by atoms with Crippen molar-refractivity contribution in [1.82, 2.24) is 4.90 Å². The maximum atomic E-state index is 6.25. The van der Waals surface area contributed by atoms with Crippen LogP contribution in [0, 0.1) is 0 Å². The second kappa shape index (κ2) is 5.82. The van der Waals surface area contributed by atoms with Crippen molar-refractivity contribution < 1.29 is 4.74 Å². The van der Waals surface area contributed by atoms with Gasteiger partial charge < -0.3 is 10.5 Å². The lowest BCUT2D eigenvalue weighted by atomic mass is 9.97. The predicted molar refractivity (Wildman–Crippen MR) is 90.1 cm³/mol. The Labute approximate surface area is 132 Å². The van der Waals surface area contributed by atoms with Gasteiger partial charge in [-0.3, -0.25) is 4.90 Å². The van der Waals surface area contributed by atoms with E-state index in [1.807, 2.05) is 11.8 Å². The van der Waals surface area contributed by atoms with Crippen LogP contribution in [0.5, 0.6) is 5.75 Å². The highest BCUT2D eigenvalue weighted by molar-refractivity contribution is 7.99. The van der Waals surface area contributed by atoms with Crippen LogP contribution >= 0.6 is 11.8 Å². The SMILES string of the molecule is CC1CSCCN1C(CN)c1cccc2c1OC(C)(C)C2. The van der Waals surface area contributed by atoms with Crippen LogP contribution in [0.4, 0.5) is 0 Å².